The number of para-hydroxylation sites is 2. The van der Waals surface area contributed by atoms with Crippen LogP contribution in [0.4, 0.5) is 4.79 Å². The zero-order chi connectivity index (χ0) is 24.6. The van der Waals surface area contributed by atoms with Gasteiger partial charge in [-0.2, -0.15) is 0 Å². The van der Waals surface area contributed by atoms with Gasteiger partial charge >= 0.3 is 6.03 Å². The number of benzene rings is 2. The van der Waals surface area contributed by atoms with Crippen molar-refractivity contribution >= 4 is 34.6 Å². The van der Waals surface area contributed by atoms with Gasteiger partial charge in [0.05, 0.1) is 27.5 Å². The van der Waals surface area contributed by atoms with E-state index in [1.54, 1.807) is 62.0 Å². The van der Waals surface area contributed by atoms with Gasteiger partial charge in [-0.15, -0.1) is 0 Å². The minimum atomic E-state index is -0.981. The summed E-state index contributed by atoms with van der Waals surface area (Å²) in [7, 11) is 1.72. The number of hydrogen-bond acceptors (Lipinski definition) is 6. The molecule has 4 aromatic rings. The lowest BCUT2D eigenvalue weighted by atomic mass is 10.2. The predicted molar refractivity (Wildman–Crippen MR) is 130 cm³/mol. The van der Waals surface area contributed by atoms with Gasteiger partial charge in [-0.05, 0) is 38.1 Å². The highest BCUT2D eigenvalue weighted by Gasteiger charge is 2.26. The standard InChI is InChI=1S/C23H22N6O4S/c1-13-18(21(32)29(27(13)3)15-9-5-4-6-10-15)28-20(31)16-11-7-8-12-17(16)25-23(28)34-14(2)19(30)26-22(24)33/h4-12,14H,1-3H3,(H3,24,26,30,33)/t14-/m0/s1. The average Bonchev–Trinajstić information content (AvgIpc) is 3.02. The Morgan fingerprint density at radius 1 is 1.03 bits per heavy atom. The van der Waals surface area contributed by atoms with Crippen LogP contribution in [-0.4, -0.2) is 36.1 Å². The third-order valence-corrected chi connectivity index (χ3v) is 6.44. The van der Waals surface area contributed by atoms with Crippen LogP contribution in [0.3, 0.4) is 0 Å². The predicted octanol–water partition coefficient (Wildman–Crippen LogP) is 1.86. The maximum absolute atomic E-state index is 13.6. The zero-order valence-electron chi connectivity index (χ0n) is 18.7. The summed E-state index contributed by atoms with van der Waals surface area (Å²) in [5, 5.41) is 1.67. The lowest BCUT2D eigenvalue weighted by molar-refractivity contribution is -0.119. The van der Waals surface area contributed by atoms with Crippen LogP contribution in [0.2, 0.25) is 0 Å². The van der Waals surface area contributed by atoms with Crippen molar-refractivity contribution < 1.29 is 9.59 Å². The molecular formula is C23H22N6O4S. The summed E-state index contributed by atoms with van der Waals surface area (Å²) in [6, 6.07) is 14.8. The average molecular weight is 479 g/mol. The molecule has 34 heavy (non-hydrogen) atoms. The van der Waals surface area contributed by atoms with Crippen molar-refractivity contribution in [1.29, 1.82) is 0 Å². The first-order chi connectivity index (χ1) is 16.2. The SMILES string of the molecule is Cc1c(-n2c(S[C@@H](C)C(=O)NC(N)=O)nc3ccccc3c2=O)c(=O)n(-c2ccccc2)n1C. The van der Waals surface area contributed by atoms with Crippen molar-refractivity contribution in [1.82, 2.24) is 24.2 Å². The van der Waals surface area contributed by atoms with Crippen LogP contribution in [0.5, 0.6) is 0 Å². The number of carbonyl (C=O) groups excluding carboxylic acids is 2. The van der Waals surface area contributed by atoms with Crippen molar-refractivity contribution in [3.8, 4) is 11.4 Å². The molecule has 0 aliphatic heterocycles. The number of nitrogens with zero attached hydrogens (tertiary/aromatic N) is 4. The zero-order valence-corrected chi connectivity index (χ0v) is 19.5. The number of carbonyl (C=O) groups is 2. The first-order valence-electron chi connectivity index (χ1n) is 10.3. The van der Waals surface area contributed by atoms with E-state index in [1.807, 2.05) is 23.5 Å². The Morgan fingerprint density at radius 3 is 2.35 bits per heavy atom. The molecule has 2 aromatic carbocycles. The number of primary amides is 1. The first-order valence-corrected chi connectivity index (χ1v) is 11.2. The minimum absolute atomic E-state index is 0.125. The highest BCUT2D eigenvalue weighted by atomic mass is 32.2. The smallest absolute Gasteiger partial charge is 0.318 e. The van der Waals surface area contributed by atoms with E-state index in [0.717, 1.165) is 11.8 Å². The largest absolute Gasteiger partial charge is 0.351 e. The molecule has 0 bridgehead atoms. The fraction of sp³-hybridized carbons (Fsp3) is 0.174. The monoisotopic (exact) mass is 478 g/mol. The topological polar surface area (TPSA) is 134 Å². The van der Waals surface area contributed by atoms with Gasteiger partial charge in [0.2, 0.25) is 5.91 Å². The Bertz CT molecular complexity index is 1540. The molecule has 3 N–H and O–H groups in total. The molecule has 0 saturated carbocycles. The van der Waals surface area contributed by atoms with Crippen molar-refractivity contribution in [3.05, 3.63) is 81.0 Å². The number of urea groups is 1. The molecule has 4 rings (SSSR count). The molecule has 174 valence electrons. The molecule has 10 nitrogen and oxygen atoms in total. The van der Waals surface area contributed by atoms with Crippen LogP contribution >= 0.6 is 11.8 Å². The fourth-order valence-electron chi connectivity index (χ4n) is 3.63. The summed E-state index contributed by atoms with van der Waals surface area (Å²) >= 11 is 0.947. The van der Waals surface area contributed by atoms with E-state index in [9.17, 15) is 19.2 Å². The minimum Gasteiger partial charge on any atom is -0.351 e. The molecule has 0 aliphatic rings. The van der Waals surface area contributed by atoms with Gasteiger partial charge in [-0.3, -0.25) is 24.4 Å². The summed E-state index contributed by atoms with van der Waals surface area (Å²) in [6.07, 6.45) is 0. The molecule has 0 saturated heterocycles. The maximum Gasteiger partial charge on any atom is 0.318 e. The van der Waals surface area contributed by atoms with Crippen LogP contribution < -0.4 is 22.2 Å². The second-order valence-corrected chi connectivity index (χ2v) is 8.88. The van der Waals surface area contributed by atoms with Gasteiger partial charge in [0.25, 0.3) is 11.1 Å². The second-order valence-electron chi connectivity index (χ2n) is 7.58. The molecule has 1 atom stereocenters. The van der Waals surface area contributed by atoms with E-state index in [-0.39, 0.29) is 10.8 Å². The normalized spacial score (nSPS) is 12.0. The third kappa shape index (κ3) is 4.01. The molecule has 0 unspecified atom stereocenters. The first kappa shape index (κ1) is 23.1. The van der Waals surface area contributed by atoms with E-state index in [2.05, 4.69) is 4.98 Å². The van der Waals surface area contributed by atoms with Crippen LogP contribution in [0.15, 0.2) is 69.3 Å². The number of aromatic nitrogens is 4. The Morgan fingerprint density at radius 2 is 1.68 bits per heavy atom. The van der Waals surface area contributed by atoms with E-state index >= 15 is 0 Å². The molecule has 3 amide bonds. The molecular weight excluding hydrogens is 456 g/mol. The highest BCUT2D eigenvalue weighted by molar-refractivity contribution is 8.00. The molecule has 0 spiro atoms. The van der Waals surface area contributed by atoms with Crippen molar-refractivity contribution in [2.45, 2.75) is 24.3 Å². The number of imide groups is 1. The second kappa shape index (κ2) is 9.02. The number of fused-ring (bicyclic) bond motifs is 1. The summed E-state index contributed by atoms with van der Waals surface area (Å²) in [5.74, 6) is -0.641. The third-order valence-electron chi connectivity index (χ3n) is 5.39. The number of rotatable bonds is 5. The lowest BCUT2D eigenvalue weighted by Gasteiger charge is -2.15. The van der Waals surface area contributed by atoms with Gasteiger partial charge in [-0.1, -0.05) is 42.1 Å². The molecule has 0 radical (unpaired) electrons. The molecule has 11 heteroatoms. The summed E-state index contributed by atoms with van der Waals surface area (Å²) in [4.78, 5) is 55.2. The van der Waals surface area contributed by atoms with Gasteiger partial charge in [0, 0.05) is 7.05 Å². The maximum atomic E-state index is 13.6. The van der Waals surface area contributed by atoms with Crippen molar-refractivity contribution in [2.75, 3.05) is 0 Å². The van der Waals surface area contributed by atoms with Gasteiger partial charge in [0.1, 0.15) is 5.69 Å². The highest BCUT2D eigenvalue weighted by Crippen LogP contribution is 2.26. The lowest BCUT2D eigenvalue weighted by Crippen LogP contribution is -2.39. The van der Waals surface area contributed by atoms with Crippen molar-refractivity contribution in [3.63, 3.8) is 0 Å². The Labute approximate surface area is 198 Å². The number of hydrogen-bond donors (Lipinski definition) is 2. The van der Waals surface area contributed by atoms with E-state index in [0.29, 0.717) is 22.3 Å². The van der Waals surface area contributed by atoms with Gasteiger partial charge in [-0.25, -0.2) is 19.0 Å². The van der Waals surface area contributed by atoms with Crippen LogP contribution in [-0.2, 0) is 11.8 Å². The van der Waals surface area contributed by atoms with Crippen LogP contribution in [0.1, 0.15) is 12.6 Å². The molecule has 0 fully saturated rings. The summed E-state index contributed by atoms with van der Waals surface area (Å²) < 4.78 is 4.36. The molecule has 2 heterocycles. The van der Waals surface area contributed by atoms with E-state index < -0.39 is 28.3 Å². The van der Waals surface area contributed by atoms with E-state index in [4.69, 9.17) is 5.73 Å². The van der Waals surface area contributed by atoms with Gasteiger partial charge < -0.3 is 5.73 Å². The number of nitrogens with one attached hydrogen (secondary N) is 1. The van der Waals surface area contributed by atoms with Crippen molar-refractivity contribution in [2.24, 2.45) is 12.8 Å². The molecule has 0 aliphatic carbocycles. The van der Waals surface area contributed by atoms with Gasteiger partial charge in [0.15, 0.2) is 5.16 Å². The Balaban J connectivity index is 1.98. The fourth-order valence-corrected chi connectivity index (χ4v) is 4.55. The Kier molecular flexibility index (Phi) is 6.12. The van der Waals surface area contributed by atoms with Crippen LogP contribution in [0, 0.1) is 6.92 Å². The number of thioether (sulfide) groups is 1. The quantitative estimate of drug-likeness (QED) is 0.332. The Hall–Kier alpha value is -4.12. The molecule has 2 aromatic heterocycles. The van der Waals surface area contributed by atoms with Crippen LogP contribution in [0.25, 0.3) is 22.3 Å². The summed E-state index contributed by atoms with van der Waals surface area (Å²) in [6.45, 7) is 3.28. The number of nitrogens with two attached hydrogens (primary N) is 1. The summed E-state index contributed by atoms with van der Waals surface area (Å²) in [5.41, 5.74) is 5.91. The van der Waals surface area contributed by atoms with E-state index in [1.165, 1.54) is 9.25 Å². The number of amides is 3.